The zero-order chi connectivity index (χ0) is 38.9. The minimum Gasteiger partial charge on any atom is -0.481 e. The van der Waals surface area contributed by atoms with Crippen molar-refractivity contribution >= 4 is 35.1 Å². The largest absolute Gasteiger partial charge is 0.481 e. The number of urea groups is 1. The van der Waals surface area contributed by atoms with Gasteiger partial charge in [-0.15, -0.1) is 0 Å². The maximum atomic E-state index is 15.3. The number of ether oxygens (including phenoxy) is 1. The summed E-state index contributed by atoms with van der Waals surface area (Å²) in [6, 6.07) is 10.1. The Morgan fingerprint density at radius 1 is 1.21 bits per heavy atom. The highest BCUT2D eigenvalue weighted by molar-refractivity contribution is 6.36. The number of aryl methyl sites for hydroxylation is 1. The number of aromatic nitrogens is 1. The summed E-state index contributed by atoms with van der Waals surface area (Å²) in [5.41, 5.74) is 10.6. The average molecular weight is 749 g/mol. The molecule has 0 radical (unpaired) electrons. The van der Waals surface area contributed by atoms with Crippen LogP contribution in [-0.2, 0) is 16.0 Å². The lowest BCUT2D eigenvalue weighted by Gasteiger charge is -2.38. The van der Waals surface area contributed by atoms with Gasteiger partial charge in [0.05, 0.1) is 17.8 Å². The standard InChI is InChI=1S/C29H30ClFN4O3.C12H24N2O/c1-15-8-9-17-14-23(35-29(38-4)24(15)17)19-10-11-21(31)25(26(19)30)18-6-5-7-22(16(18)2)34-28(37)20(12-13-32)27(36)33-3;1-4-10(3)6-7-12(5-2)8-9-13-11(15)14-12/h5-7,10-12,14-15H,8-9,13,32H2,1-4H3,(H,33,36)(H,34,37);10H,4-9H2,1-3H3,(H2,13,14,15)/b20-12+;. The first kappa shape index (κ1) is 41.3. The molecular formula is C41H54ClFN6O4. The fraction of sp³-hybridized carbons (Fsp3) is 0.463. The molecule has 0 saturated carbocycles. The van der Waals surface area contributed by atoms with Gasteiger partial charge < -0.3 is 31.7 Å². The quantitative estimate of drug-likeness (QED) is 0.0726. The van der Waals surface area contributed by atoms with Crippen molar-refractivity contribution in [1.82, 2.24) is 20.9 Å². The molecule has 53 heavy (non-hydrogen) atoms. The molecule has 4 amide bonds. The van der Waals surface area contributed by atoms with Crippen LogP contribution in [0.25, 0.3) is 22.4 Å². The molecule has 12 heteroatoms. The van der Waals surface area contributed by atoms with E-state index in [1.165, 1.54) is 32.0 Å². The lowest BCUT2D eigenvalue weighted by molar-refractivity contribution is -0.121. The summed E-state index contributed by atoms with van der Waals surface area (Å²) in [6.45, 7) is 11.4. The normalized spacial score (nSPS) is 18.5. The molecule has 2 heterocycles. The number of nitrogens with two attached hydrogens (primary N) is 1. The molecule has 3 atom stereocenters. The van der Waals surface area contributed by atoms with Gasteiger partial charge in [-0.3, -0.25) is 9.59 Å². The van der Waals surface area contributed by atoms with Crippen molar-refractivity contribution < 1.29 is 23.5 Å². The van der Waals surface area contributed by atoms with E-state index >= 15 is 4.39 Å². The van der Waals surface area contributed by atoms with Gasteiger partial charge in [-0.2, -0.15) is 0 Å². The highest BCUT2D eigenvalue weighted by Gasteiger charge is 2.33. The van der Waals surface area contributed by atoms with E-state index in [0.29, 0.717) is 39.9 Å². The summed E-state index contributed by atoms with van der Waals surface area (Å²) >= 11 is 6.86. The molecular weight excluding hydrogens is 695 g/mol. The molecule has 1 fully saturated rings. The molecule has 1 aliphatic heterocycles. The van der Waals surface area contributed by atoms with Gasteiger partial charge in [0, 0.05) is 48.1 Å². The Morgan fingerprint density at radius 3 is 2.60 bits per heavy atom. The van der Waals surface area contributed by atoms with Crippen LogP contribution in [0.2, 0.25) is 5.02 Å². The van der Waals surface area contributed by atoms with Crippen LogP contribution < -0.4 is 31.7 Å². The molecule has 286 valence electrons. The summed E-state index contributed by atoms with van der Waals surface area (Å²) in [5, 5.41) is 11.3. The van der Waals surface area contributed by atoms with Crippen LogP contribution in [0.1, 0.15) is 88.8 Å². The van der Waals surface area contributed by atoms with Crippen molar-refractivity contribution in [3.8, 4) is 28.3 Å². The van der Waals surface area contributed by atoms with E-state index in [9.17, 15) is 14.4 Å². The fourth-order valence-corrected chi connectivity index (χ4v) is 7.37. The van der Waals surface area contributed by atoms with Gasteiger partial charge in [0.2, 0.25) is 5.88 Å². The molecule has 6 N–H and O–H groups in total. The highest BCUT2D eigenvalue weighted by Crippen LogP contribution is 2.44. The number of likely N-dealkylation sites (N-methyl/N-ethyl adjacent to an activating group) is 1. The van der Waals surface area contributed by atoms with Crippen LogP contribution in [0, 0.1) is 18.7 Å². The molecule has 0 bridgehead atoms. The average Bonchev–Trinajstić information content (AvgIpc) is 3.53. The molecule has 0 spiro atoms. The number of hydrogen-bond acceptors (Lipinski definition) is 6. The molecule has 3 unspecified atom stereocenters. The second kappa shape index (κ2) is 18.5. The van der Waals surface area contributed by atoms with Gasteiger partial charge in [0.1, 0.15) is 11.4 Å². The van der Waals surface area contributed by atoms with Crippen molar-refractivity contribution in [2.24, 2.45) is 11.7 Å². The predicted octanol–water partition coefficient (Wildman–Crippen LogP) is 7.81. The topological polar surface area (TPSA) is 147 Å². The summed E-state index contributed by atoms with van der Waals surface area (Å²) < 4.78 is 20.9. The van der Waals surface area contributed by atoms with Gasteiger partial charge in [0.15, 0.2) is 0 Å². The fourth-order valence-electron chi connectivity index (χ4n) is 7.01. The first-order valence-corrected chi connectivity index (χ1v) is 18.9. The Balaban J connectivity index is 0.000000350. The Bertz CT molecular complexity index is 1850. The first-order valence-electron chi connectivity index (χ1n) is 18.5. The summed E-state index contributed by atoms with van der Waals surface area (Å²) in [4.78, 5) is 41.0. The van der Waals surface area contributed by atoms with Crippen LogP contribution in [0.5, 0.6) is 5.88 Å². The van der Waals surface area contributed by atoms with Crippen LogP contribution >= 0.6 is 11.6 Å². The third-order valence-corrected chi connectivity index (χ3v) is 11.0. The number of halogens is 2. The Kier molecular flexibility index (Phi) is 14.4. The zero-order valence-corrected chi connectivity index (χ0v) is 32.7. The van der Waals surface area contributed by atoms with E-state index in [0.717, 1.165) is 55.7 Å². The summed E-state index contributed by atoms with van der Waals surface area (Å²) in [6.07, 6.45) is 8.92. The third-order valence-electron chi connectivity index (χ3n) is 10.7. The molecule has 1 aromatic heterocycles. The number of nitrogens with one attached hydrogen (secondary N) is 4. The minimum absolute atomic E-state index is 0.00671. The van der Waals surface area contributed by atoms with Gasteiger partial charge in [-0.05, 0) is 98.2 Å². The number of methoxy groups -OCH3 is 1. The number of pyridine rings is 1. The Morgan fingerprint density at radius 2 is 1.96 bits per heavy atom. The van der Waals surface area contributed by atoms with E-state index in [1.54, 1.807) is 38.3 Å². The van der Waals surface area contributed by atoms with Crippen LogP contribution in [0.4, 0.5) is 14.9 Å². The molecule has 5 rings (SSSR count). The molecule has 2 aliphatic rings. The number of carbonyl (C=O) groups is 3. The number of nitrogens with zero attached hydrogens (tertiary/aromatic N) is 1. The molecule has 2 aromatic carbocycles. The van der Waals surface area contributed by atoms with Crippen molar-refractivity contribution in [3.05, 3.63) is 75.6 Å². The second-order valence-corrected chi connectivity index (χ2v) is 14.4. The van der Waals surface area contributed by atoms with Crippen molar-refractivity contribution in [1.29, 1.82) is 0 Å². The predicted molar refractivity (Wildman–Crippen MR) is 211 cm³/mol. The summed E-state index contributed by atoms with van der Waals surface area (Å²) in [7, 11) is 3.02. The molecule has 1 aliphatic carbocycles. The second-order valence-electron chi connectivity index (χ2n) is 14.0. The van der Waals surface area contributed by atoms with E-state index in [4.69, 9.17) is 27.1 Å². The third kappa shape index (κ3) is 9.55. The Labute approximate surface area is 317 Å². The highest BCUT2D eigenvalue weighted by atomic mass is 35.5. The maximum Gasteiger partial charge on any atom is 0.315 e. The van der Waals surface area contributed by atoms with E-state index in [1.807, 2.05) is 6.07 Å². The van der Waals surface area contributed by atoms with Gasteiger partial charge >= 0.3 is 6.03 Å². The molecule has 3 aromatic rings. The van der Waals surface area contributed by atoms with E-state index in [-0.39, 0.29) is 34.3 Å². The number of amides is 4. The van der Waals surface area contributed by atoms with Crippen molar-refractivity contribution in [3.63, 3.8) is 0 Å². The van der Waals surface area contributed by atoms with Crippen molar-refractivity contribution in [2.75, 3.05) is 32.6 Å². The zero-order valence-electron chi connectivity index (χ0n) is 32.0. The lowest BCUT2D eigenvalue weighted by atomic mass is 9.83. The molecule has 10 nitrogen and oxygen atoms in total. The number of benzene rings is 2. The van der Waals surface area contributed by atoms with Gasteiger partial charge in [0.25, 0.3) is 11.8 Å². The summed E-state index contributed by atoms with van der Waals surface area (Å²) in [5.74, 6) is -0.0247. The Hall–Kier alpha value is -4.48. The molecule has 1 saturated heterocycles. The number of carbonyl (C=O) groups excluding carboxylic acids is 3. The SMILES string of the molecule is CCC(C)CCC1(CC)CCNC(=O)N1.CNC(=O)/C(=C\CN)C(=O)Nc1cccc(-c2c(F)ccc(-c3cc4c(c(OC)n3)C(C)CC4)c2Cl)c1C. The van der Waals surface area contributed by atoms with E-state index < -0.39 is 17.6 Å². The minimum atomic E-state index is -0.626. The number of hydrogen-bond donors (Lipinski definition) is 5. The van der Waals surface area contributed by atoms with Gasteiger partial charge in [-0.1, -0.05) is 63.9 Å². The van der Waals surface area contributed by atoms with E-state index in [2.05, 4.69) is 49.0 Å². The van der Waals surface area contributed by atoms with Gasteiger partial charge in [-0.25, -0.2) is 14.2 Å². The van der Waals surface area contributed by atoms with Crippen LogP contribution in [-0.4, -0.2) is 55.6 Å². The first-order chi connectivity index (χ1) is 25.3. The number of anilines is 1. The lowest BCUT2D eigenvalue weighted by Crippen LogP contribution is -2.58. The maximum absolute atomic E-state index is 15.3. The van der Waals surface area contributed by atoms with Crippen LogP contribution in [0.15, 0.2) is 48.0 Å². The van der Waals surface area contributed by atoms with Crippen LogP contribution in [0.3, 0.4) is 0 Å². The smallest absolute Gasteiger partial charge is 0.315 e. The number of rotatable bonds is 12. The van der Waals surface area contributed by atoms with Crippen molar-refractivity contribution in [2.45, 2.75) is 91.0 Å². The monoisotopic (exact) mass is 748 g/mol. The number of fused-ring (bicyclic) bond motifs is 1.